The van der Waals surface area contributed by atoms with Gasteiger partial charge in [0, 0.05) is 11.1 Å². The van der Waals surface area contributed by atoms with E-state index in [0.29, 0.717) is 0 Å². The van der Waals surface area contributed by atoms with Gasteiger partial charge in [-0.05, 0) is 36.0 Å². The lowest BCUT2D eigenvalue weighted by molar-refractivity contribution is 0.715. The molecule has 2 rings (SSSR count). The van der Waals surface area contributed by atoms with Crippen LogP contribution in [0, 0.1) is 0 Å². The molecule has 1 heterocycles. The van der Waals surface area contributed by atoms with Gasteiger partial charge in [0.2, 0.25) is 0 Å². The summed E-state index contributed by atoms with van der Waals surface area (Å²) in [7, 11) is 0. The molecule has 0 amide bonds. The van der Waals surface area contributed by atoms with Gasteiger partial charge in [-0.15, -0.1) is 5.10 Å². The van der Waals surface area contributed by atoms with Crippen LogP contribution in [-0.2, 0) is 12.8 Å². The smallest absolute Gasteiger partial charge is 0.0803 e. The number of aromatic nitrogens is 2. The minimum absolute atomic E-state index is 0.0774. The van der Waals surface area contributed by atoms with E-state index in [-0.39, 0.29) is 6.04 Å². The summed E-state index contributed by atoms with van der Waals surface area (Å²) in [5.41, 5.74) is 8.34. The van der Waals surface area contributed by atoms with E-state index in [1.165, 1.54) is 11.5 Å². The van der Waals surface area contributed by atoms with Crippen molar-refractivity contribution in [2.75, 3.05) is 0 Å². The van der Waals surface area contributed by atoms with E-state index in [2.05, 4.69) is 16.5 Å². The van der Waals surface area contributed by atoms with Crippen LogP contribution >= 0.6 is 23.1 Å². The third-order valence-corrected chi connectivity index (χ3v) is 4.07. The molecule has 1 aromatic heterocycles. The Kier molecular flexibility index (Phi) is 4.69. The first kappa shape index (κ1) is 13.5. The predicted octanol–water partition coefficient (Wildman–Crippen LogP) is 3.39. The highest BCUT2D eigenvalue weighted by Crippen LogP contribution is 2.25. The summed E-state index contributed by atoms with van der Waals surface area (Å²) in [6.45, 7) is 2.13. The molecule has 0 radical (unpaired) electrons. The van der Waals surface area contributed by atoms with Gasteiger partial charge in [-0.1, -0.05) is 47.6 Å². The quantitative estimate of drug-likeness (QED) is 0.914. The Morgan fingerprint density at radius 1 is 1.39 bits per heavy atom. The summed E-state index contributed by atoms with van der Waals surface area (Å²) < 4.78 is 4.00. The zero-order chi connectivity index (χ0) is 13.0. The van der Waals surface area contributed by atoms with E-state index < -0.39 is 0 Å². The number of nitrogens with zero attached hydrogens (tertiary/aromatic N) is 2. The van der Waals surface area contributed by atoms with Crippen molar-refractivity contribution in [1.82, 2.24) is 9.59 Å². The van der Waals surface area contributed by atoms with Crippen LogP contribution in [-0.4, -0.2) is 9.59 Å². The highest BCUT2D eigenvalue weighted by Gasteiger charge is 2.16. The van der Waals surface area contributed by atoms with Crippen molar-refractivity contribution >= 4 is 23.1 Å². The molecular formula is C13H16ClN3S. The molecular weight excluding hydrogens is 266 g/mol. The molecule has 2 N–H and O–H groups in total. The fraction of sp³-hybridized carbons (Fsp3) is 0.385. The normalized spacial score (nSPS) is 12.6. The largest absolute Gasteiger partial charge is 0.323 e. The molecule has 0 saturated carbocycles. The van der Waals surface area contributed by atoms with Crippen LogP contribution in [0.15, 0.2) is 24.3 Å². The van der Waals surface area contributed by atoms with Crippen molar-refractivity contribution in [3.63, 3.8) is 0 Å². The maximum atomic E-state index is 6.24. The van der Waals surface area contributed by atoms with Gasteiger partial charge in [0.1, 0.15) is 0 Å². The molecule has 0 aliphatic heterocycles. The third kappa shape index (κ3) is 3.07. The molecule has 0 saturated heterocycles. The second kappa shape index (κ2) is 6.27. The summed E-state index contributed by atoms with van der Waals surface area (Å²) in [6, 6.07) is 7.73. The lowest BCUT2D eigenvalue weighted by Gasteiger charge is -2.11. The number of nitrogens with two attached hydrogens (primary N) is 1. The zero-order valence-corrected chi connectivity index (χ0v) is 11.8. The average Bonchev–Trinajstić information content (AvgIpc) is 2.81. The van der Waals surface area contributed by atoms with E-state index in [4.69, 9.17) is 17.3 Å². The molecule has 96 valence electrons. The fourth-order valence-corrected chi connectivity index (χ4v) is 2.81. The van der Waals surface area contributed by atoms with Crippen molar-refractivity contribution in [3.05, 3.63) is 45.4 Å². The SMILES string of the molecule is CCCc1nnsc1C(N)Cc1ccccc1Cl. The van der Waals surface area contributed by atoms with Gasteiger partial charge in [0.15, 0.2) is 0 Å². The number of benzene rings is 1. The molecule has 5 heteroatoms. The molecule has 0 bridgehead atoms. The average molecular weight is 282 g/mol. The summed E-state index contributed by atoms with van der Waals surface area (Å²) in [4.78, 5) is 1.08. The minimum Gasteiger partial charge on any atom is -0.323 e. The lowest BCUT2D eigenvalue weighted by atomic mass is 10.0. The lowest BCUT2D eigenvalue weighted by Crippen LogP contribution is -2.14. The minimum atomic E-state index is -0.0774. The highest BCUT2D eigenvalue weighted by atomic mass is 35.5. The molecule has 0 spiro atoms. The fourth-order valence-electron chi connectivity index (χ4n) is 1.90. The van der Waals surface area contributed by atoms with Crippen LogP contribution in [0.1, 0.15) is 35.5 Å². The maximum Gasteiger partial charge on any atom is 0.0803 e. The van der Waals surface area contributed by atoms with Crippen LogP contribution < -0.4 is 5.73 Å². The van der Waals surface area contributed by atoms with Crippen LogP contribution in [0.2, 0.25) is 5.02 Å². The zero-order valence-electron chi connectivity index (χ0n) is 10.3. The summed E-state index contributed by atoms with van der Waals surface area (Å²) in [5, 5.41) is 4.91. The van der Waals surface area contributed by atoms with E-state index >= 15 is 0 Å². The van der Waals surface area contributed by atoms with Gasteiger partial charge in [0.25, 0.3) is 0 Å². The van der Waals surface area contributed by atoms with E-state index in [9.17, 15) is 0 Å². The standard InChI is InChI=1S/C13H16ClN3S/c1-2-5-12-13(18-17-16-12)11(15)8-9-6-3-4-7-10(9)14/h3-4,6-7,11H,2,5,8,15H2,1H3. The Balaban J connectivity index is 2.14. The van der Waals surface area contributed by atoms with Crippen molar-refractivity contribution in [3.8, 4) is 0 Å². The molecule has 18 heavy (non-hydrogen) atoms. The van der Waals surface area contributed by atoms with E-state index in [0.717, 1.165) is 40.4 Å². The Bertz CT molecular complexity index is 512. The van der Waals surface area contributed by atoms with E-state index in [1.54, 1.807) is 0 Å². The van der Waals surface area contributed by atoms with Crippen molar-refractivity contribution in [2.24, 2.45) is 5.73 Å². The van der Waals surface area contributed by atoms with Gasteiger partial charge < -0.3 is 5.73 Å². The third-order valence-electron chi connectivity index (χ3n) is 2.81. The number of aryl methyl sites for hydroxylation is 1. The van der Waals surface area contributed by atoms with Crippen molar-refractivity contribution < 1.29 is 0 Å². The van der Waals surface area contributed by atoms with Crippen LogP contribution in [0.5, 0.6) is 0 Å². The summed E-state index contributed by atoms with van der Waals surface area (Å²) in [5.74, 6) is 0. The molecule has 1 atom stereocenters. The van der Waals surface area contributed by atoms with Gasteiger partial charge in [0.05, 0.1) is 10.6 Å². The Morgan fingerprint density at radius 2 is 2.17 bits per heavy atom. The van der Waals surface area contributed by atoms with Crippen molar-refractivity contribution in [1.29, 1.82) is 0 Å². The second-order valence-electron chi connectivity index (χ2n) is 4.24. The topological polar surface area (TPSA) is 51.8 Å². The van der Waals surface area contributed by atoms with Crippen LogP contribution in [0.4, 0.5) is 0 Å². The summed E-state index contributed by atoms with van der Waals surface area (Å²) >= 11 is 7.54. The van der Waals surface area contributed by atoms with Gasteiger partial charge in [-0.3, -0.25) is 0 Å². The monoisotopic (exact) mass is 281 g/mol. The molecule has 0 aliphatic rings. The van der Waals surface area contributed by atoms with Crippen LogP contribution in [0.25, 0.3) is 0 Å². The molecule has 3 nitrogen and oxygen atoms in total. The molecule has 0 aliphatic carbocycles. The first-order valence-electron chi connectivity index (χ1n) is 6.02. The van der Waals surface area contributed by atoms with Gasteiger partial charge in [-0.25, -0.2) is 0 Å². The van der Waals surface area contributed by atoms with Crippen molar-refractivity contribution in [2.45, 2.75) is 32.2 Å². The molecule has 1 aromatic carbocycles. The van der Waals surface area contributed by atoms with Gasteiger partial charge in [-0.2, -0.15) is 0 Å². The Hall–Kier alpha value is -0.970. The number of halogens is 1. The Labute approximate surface area is 116 Å². The van der Waals surface area contributed by atoms with E-state index in [1.807, 2.05) is 24.3 Å². The molecule has 1 unspecified atom stereocenters. The Morgan fingerprint density at radius 3 is 2.89 bits per heavy atom. The predicted molar refractivity (Wildman–Crippen MR) is 76.0 cm³/mol. The maximum absolute atomic E-state index is 6.24. The number of hydrogen-bond acceptors (Lipinski definition) is 4. The second-order valence-corrected chi connectivity index (χ2v) is 5.43. The first-order chi connectivity index (χ1) is 8.72. The molecule has 2 aromatic rings. The van der Waals surface area contributed by atoms with Crippen LogP contribution in [0.3, 0.4) is 0 Å². The first-order valence-corrected chi connectivity index (χ1v) is 7.17. The summed E-state index contributed by atoms with van der Waals surface area (Å²) in [6.07, 6.45) is 2.71. The number of hydrogen-bond donors (Lipinski definition) is 1. The number of rotatable bonds is 5. The van der Waals surface area contributed by atoms with Gasteiger partial charge >= 0.3 is 0 Å². The molecule has 0 fully saturated rings. The highest BCUT2D eigenvalue weighted by molar-refractivity contribution is 7.05.